The number of hydrogen-bond acceptors (Lipinski definition) is 2. The van der Waals surface area contributed by atoms with Crippen LogP contribution in [0.5, 0.6) is 0 Å². The fourth-order valence-electron chi connectivity index (χ4n) is 2.04. The molecule has 1 fully saturated rings. The Balaban J connectivity index is 2.12. The van der Waals surface area contributed by atoms with Crippen LogP contribution < -0.4 is 5.32 Å². The van der Waals surface area contributed by atoms with Crippen molar-refractivity contribution in [2.45, 2.75) is 65.2 Å². The smallest absolute Gasteiger partial charge is 0.352 e. The number of hydrogen-bond donors (Lipinski definition) is 1. The van der Waals surface area contributed by atoms with Gasteiger partial charge in [0.05, 0.1) is 0 Å². The summed E-state index contributed by atoms with van der Waals surface area (Å²) in [6.07, 6.45) is -2.78. The van der Waals surface area contributed by atoms with E-state index < -0.39 is 11.9 Å². The molecule has 1 amide bonds. The predicted octanol–water partition coefficient (Wildman–Crippen LogP) is 3.33. The lowest BCUT2D eigenvalue weighted by molar-refractivity contribution is -0.141. The molecule has 0 spiro atoms. The maximum Gasteiger partial charge on any atom is 0.435 e. The van der Waals surface area contributed by atoms with Gasteiger partial charge in [0, 0.05) is 17.7 Å². The Morgan fingerprint density at radius 3 is 2.45 bits per heavy atom. The van der Waals surface area contributed by atoms with E-state index in [1.165, 1.54) is 4.68 Å². The predicted molar refractivity (Wildman–Crippen MR) is 76.3 cm³/mol. The van der Waals surface area contributed by atoms with Crippen LogP contribution in [-0.2, 0) is 17.5 Å². The molecule has 1 saturated carbocycles. The molecule has 1 aliphatic carbocycles. The number of nitrogens with zero attached hydrogens (tertiary/aromatic N) is 2. The van der Waals surface area contributed by atoms with E-state index in [0.717, 1.165) is 18.9 Å². The normalized spacial score (nSPS) is 17.4. The van der Waals surface area contributed by atoms with Gasteiger partial charge in [0.15, 0.2) is 5.69 Å². The van der Waals surface area contributed by atoms with Gasteiger partial charge >= 0.3 is 6.18 Å². The van der Waals surface area contributed by atoms with E-state index in [4.69, 9.17) is 0 Å². The molecule has 1 atom stereocenters. The van der Waals surface area contributed by atoms with Gasteiger partial charge in [-0.2, -0.15) is 18.3 Å². The highest BCUT2D eigenvalue weighted by molar-refractivity contribution is 5.76. The maximum atomic E-state index is 12.8. The second kappa shape index (κ2) is 5.59. The molecule has 0 radical (unpaired) electrons. The first kappa shape index (κ1) is 16.8. The van der Waals surface area contributed by atoms with Crippen LogP contribution in [0.2, 0.25) is 0 Å². The Morgan fingerprint density at radius 2 is 2.00 bits per heavy atom. The number of amides is 1. The first-order valence-corrected chi connectivity index (χ1v) is 7.43. The Morgan fingerprint density at radius 1 is 1.41 bits per heavy atom. The van der Waals surface area contributed by atoms with Crippen molar-refractivity contribution in [2.24, 2.45) is 5.41 Å². The van der Waals surface area contributed by atoms with Crippen molar-refractivity contribution in [3.63, 3.8) is 0 Å². The summed E-state index contributed by atoms with van der Waals surface area (Å²) in [6, 6.07) is 0.986. The summed E-state index contributed by atoms with van der Waals surface area (Å²) in [4.78, 5) is 12.1. The van der Waals surface area contributed by atoms with Crippen LogP contribution in [0.3, 0.4) is 0 Å². The minimum absolute atomic E-state index is 0.0815. The molecular formula is C15H22F3N3O. The van der Waals surface area contributed by atoms with Crippen LogP contribution in [0.1, 0.15) is 57.8 Å². The molecule has 0 bridgehead atoms. The van der Waals surface area contributed by atoms with E-state index >= 15 is 0 Å². The monoisotopic (exact) mass is 317 g/mol. The zero-order chi connectivity index (χ0) is 16.7. The summed E-state index contributed by atoms with van der Waals surface area (Å²) < 4.78 is 39.6. The average Bonchev–Trinajstić information content (AvgIpc) is 3.08. The molecule has 0 aromatic carbocycles. The van der Waals surface area contributed by atoms with Gasteiger partial charge in [-0.15, -0.1) is 0 Å². The molecule has 1 heterocycles. The third-order valence-corrected chi connectivity index (χ3v) is 4.07. The molecular weight excluding hydrogens is 295 g/mol. The minimum Gasteiger partial charge on any atom is -0.352 e. The molecule has 1 N–H and O–H groups in total. The van der Waals surface area contributed by atoms with Crippen molar-refractivity contribution in [1.82, 2.24) is 15.1 Å². The lowest BCUT2D eigenvalue weighted by Gasteiger charge is -2.28. The summed E-state index contributed by atoms with van der Waals surface area (Å²) in [7, 11) is 0. The van der Waals surface area contributed by atoms with Crippen molar-refractivity contribution >= 4 is 5.91 Å². The van der Waals surface area contributed by atoms with Crippen LogP contribution in [0.15, 0.2) is 6.07 Å². The highest BCUT2D eigenvalue weighted by Gasteiger charge is 2.38. The quantitative estimate of drug-likeness (QED) is 0.926. The summed E-state index contributed by atoms with van der Waals surface area (Å²) in [5.41, 5.74) is -0.534. The van der Waals surface area contributed by atoms with Crippen LogP contribution in [0.4, 0.5) is 13.2 Å². The fourth-order valence-corrected chi connectivity index (χ4v) is 2.04. The van der Waals surface area contributed by atoms with Crippen molar-refractivity contribution in [3.05, 3.63) is 17.5 Å². The lowest BCUT2D eigenvalue weighted by Crippen LogP contribution is -2.43. The molecule has 1 aliphatic rings. The number of carbonyl (C=O) groups excluding carboxylic acids is 1. The third-order valence-electron chi connectivity index (χ3n) is 4.07. The van der Waals surface area contributed by atoms with Gasteiger partial charge in [-0.1, -0.05) is 20.8 Å². The Kier molecular flexibility index (Phi) is 4.28. The Bertz CT molecular complexity index is 553. The van der Waals surface area contributed by atoms with E-state index in [0.29, 0.717) is 5.69 Å². The highest BCUT2D eigenvalue weighted by Crippen LogP contribution is 2.42. The summed E-state index contributed by atoms with van der Waals surface area (Å²) in [5, 5.41) is 6.40. The fraction of sp³-hybridized carbons (Fsp3) is 0.733. The van der Waals surface area contributed by atoms with Gasteiger partial charge < -0.3 is 5.32 Å². The average molecular weight is 317 g/mol. The minimum atomic E-state index is -4.48. The van der Waals surface area contributed by atoms with E-state index in [1.54, 1.807) is 0 Å². The van der Waals surface area contributed by atoms with Crippen LogP contribution >= 0.6 is 0 Å². The molecule has 1 unspecified atom stereocenters. The van der Waals surface area contributed by atoms with E-state index in [-0.39, 0.29) is 29.8 Å². The number of rotatable bonds is 4. The van der Waals surface area contributed by atoms with Crippen molar-refractivity contribution in [2.75, 3.05) is 0 Å². The van der Waals surface area contributed by atoms with Gasteiger partial charge in [0.25, 0.3) is 0 Å². The number of halogens is 3. The van der Waals surface area contributed by atoms with Gasteiger partial charge in [0.1, 0.15) is 6.54 Å². The number of alkyl halides is 3. The molecule has 22 heavy (non-hydrogen) atoms. The van der Waals surface area contributed by atoms with Gasteiger partial charge in [-0.3, -0.25) is 9.48 Å². The first-order chi connectivity index (χ1) is 9.98. The molecule has 124 valence electrons. The maximum absolute atomic E-state index is 12.8. The van der Waals surface area contributed by atoms with Gasteiger partial charge in [0.2, 0.25) is 5.91 Å². The van der Waals surface area contributed by atoms with Crippen LogP contribution in [-0.4, -0.2) is 21.7 Å². The van der Waals surface area contributed by atoms with Crippen molar-refractivity contribution in [1.29, 1.82) is 0 Å². The standard InChI is InChI=1S/C15H22F3N3O/c1-9(14(2,3)4)19-13(22)8-21-11(10-5-6-10)7-12(20-21)15(16,17)18/h7,9-10H,5-6,8H2,1-4H3,(H,19,22). The second-order valence-corrected chi connectivity index (χ2v) is 7.04. The highest BCUT2D eigenvalue weighted by atomic mass is 19.4. The Hall–Kier alpha value is -1.53. The van der Waals surface area contributed by atoms with Gasteiger partial charge in [-0.25, -0.2) is 0 Å². The van der Waals surface area contributed by atoms with Crippen molar-refractivity contribution in [3.8, 4) is 0 Å². The summed E-state index contributed by atoms with van der Waals surface area (Å²) in [5.74, 6) is -0.224. The first-order valence-electron chi connectivity index (χ1n) is 7.43. The van der Waals surface area contributed by atoms with E-state index in [1.807, 2.05) is 27.7 Å². The molecule has 1 aromatic heterocycles. The van der Waals surface area contributed by atoms with E-state index in [2.05, 4.69) is 10.4 Å². The molecule has 0 aliphatic heterocycles. The van der Waals surface area contributed by atoms with Crippen LogP contribution in [0.25, 0.3) is 0 Å². The number of carbonyl (C=O) groups is 1. The second-order valence-electron chi connectivity index (χ2n) is 7.04. The summed E-state index contributed by atoms with van der Waals surface area (Å²) >= 11 is 0. The zero-order valence-corrected chi connectivity index (χ0v) is 13.3. The van der Waals surface area contributed by atoms with Crippen molar-refractivity contribution < 1.29 is 18.0 Å². The van der Waals surface area contributed by atoms with Gasteiger partial charge in [-0.05, 0) is 31.2 Å². The SMILES string of the molecule is CC(NC(=O)Cn1nc(C(F)(F)F)cc1C1CC1)C(C)(C)C. The molecule has 4 nitrogen and oxygen atoms in total. The van der Waals surface area contributed by atoms with E-state index in [9.17, 15) is 18.0 Å². The number of nitrogens with one attached hydrogen (secondary N) is 1. The topological polar surface area (TPSA) is 46.9 Å². The third kappa shape index (κ3) is 4.01. The largest absolute Gasteiger partial charge is 0.435 e. The molecule has 2 rings (SSSR count). The molecule has 0 saturated heterocycles. The number of aromatic nitrogens is 2. The Labute approximate surface area is 128 Å². The molecule has 7 heteroatoms. The zero-order valence-electron chi connectivity index (χ0n) is 13.3. The van der Waals surface area contributed by atoms with Crippen LogP contribution in [0, 0.1) is 5.41 Å². The lowest BCUT2D eigenvalue weighted by atomic mass is 9.88. The summed E-state index contributed by atoms with van der Waals surface area (Å²) in [6.45, 7) is 7.67. The molecule has 1 aromatic rings.